The Labute approximate surface area is 115 Å². The van der Waals surface area contributed by atoms with Crippen LogP contribution >= 0.6 is 15.9 Å². The van der Waals surface area contributed by atoms with Gasteiger partial charge in [-0.2, -0.15) is 0 Å². The van der Waals surface area contributed by atoms with E-state index in [1.807, 2.05) is 19.9 Å². The highest BCUT2D eigenvalue weighted by atomic mass is 79.9. The second-order valence-electron chi connectivity index (χ2n) is 3.71. The van der Waals surface area contributed by atoms with Crippen molar-refractivity contribution in [2.45, 2.75) is 20.0 Å². The standard InChI is InChI=1S/C12H17BrN2O3/c1-3-17-7-8(2)18-11-5-4-9(13)6-10(11)12(14)15-16/h4-6,8,16H,3,7H2,1-2H3,(H2,14,15). The number of nitrogens with two attached hydrogens (primary N) is 1. The molecular formula is C12H17BrN2O3. The number of amidine groups is 1. The minimum absolute atomic E-state index is 0.00918. The lowest BCUT2D eigenvalue weighted by atomic mass is 10.2. The third-order valence-corrected chi connectivity index (χ3v) is 2.70. The highest BCUT2D eigenvalue weighted by Crippen LogP contribution is 2.24. The van der Waals surface area contributed by atoms with Crippen molar-refractivity contribution in [1.82, 2.24) is 0 Å². The summed E-state index contributed by atoms with van der Waals surface area (Å²) in [4.78, 5) is 0. The molecule has 0 heterocycles. The van der Waals surface area contributed by atoms with Gasteiger partial charge in [0.25, 0.3) is 0 Å². The predicted octanol–water partition coefficient (Wildman–Crippen LogP) is 2.35. The molecule has 0 amide bonds. The third-order valence-electron chi connectivity index (χ3n) is 2.21. The van der Waals surface area contributed by atoms with Crippen LogP contribution in [0.5, 0.6) is 5.75 Å². The van der Waals surface area contributed by atoms with E-state index in [4.69, 9.17) is 20.4 Å². The number of hydrogen-bond donors (Lipinski definition) is 2. The summed E-state index contributed by atoms with van der Waals surface area (Å²) in [6.07, 6.45) is -0.114. The molecular weight excluding hydrogens is 300 g/mol. The summed E-state index contributed by atoms with van der Waals surface area (Å²) in [7, 11) is 0. The molecule has 0 bridgehead atoms. The van der Waals surface area contributed by atoms with Gasteiger partial charge in [0.05, 0.1) is 12.2 Å². The lowest BCUT2D eigenvalue weighted by Gasteiger charge is -2.17. The molecule has 0 saturated heterocycles. The number of halogens is 1. The van der Waals surface area contributed by atoms with Crippen LogP contribution in [0.25, 0.3) is 0 Å². The molecule has 18 heavy (non-hydrogen) atoms. The SMILES string of the molecule is CCOCC(C)Oc1ccc(Br)cc1/C(N)=N/O. The number of hydrogen-bond acceptors (Lipinski definition) is 4. The summed E-state index contributed by atoms with van der Waals surface area (Å²) in [5.41, 5.74) is 6.14. The Morgan fingerprint density at radius 2 is 2.28 bits per heavy atom. The Bertz CT molecular complexity index is 424. The van der Waals surface area contributed by atoms with Gasteiger partial charge in [0.1, 0.15) is 11.9 Å². The van der Waals surface area contributed by atoms with Gasteiger partial charge >= 0.3 is 0 Å². The first-order valence-corrected chi connectivity index (χ1v) is 6.39. The molecule has 0 radical (unpaired) electrons. The number of rotatable bonds is 6. The molecule has 1 aromatic carbocycles. The van der Waals surface area contributed by atoms with Gasteiger partial charge < -0.3 is 20.4 Å². The Balaban J connectivity index is 2.87. The molecule has 0 fully saturated rings. The van der Waals surface area contributed by atoms with Crippen molar-refractivity contribution < 1.29 is 14.7 Å². The summed E-state index contributed by atoms with van der Waals surface area (Å²) in [6.45, 7) is 4.95. The number of nitrogens with zero attached hydrogens (tertiary/aromatic N) is 1. The summed E-state index contributed by atoms with van der Waals surface area (Å²) in [5.74, 6) is 0.565. The van der Waals surface area contributed by atoms with Crippen LogP contribution in [-0.4, -0.2) is 30.4 Å². The van der Waals surface area contributed by atoms with E-state index in [0.29, 0.717) is 24.5 Å². The molecule has 1 aromatic rings. The highest BCUT2D eigenvalue weighted by Gasteiger charge is 2.12. The summed E-state index contributed by atoms with van der Waals surface area (Å²) in [6, 6.07) is 5.33. The van der Waals surface area contributed by atoms with E-state index < -0.39 is 0 Å². The predicted molar refractivity (Wildman–Crippen MR) is 73.2 cm³/mol. The minimum atomic E-state index is -0.114. The van der Waals surface area contributed by atoms with E-state index in [1.54, 1.807) is 12.1 Å². The Morgan fingerprint density at radius 1 is 1.56 bits per heavy atom. The van der Waals surface area contributed by atoms with Crippen LogP contribution < -0.4 is 10.5 Å². The van der Waals surface area contributed by atoms with Gasteiger partial charge in [0.2, 0.25) is 0 Å². The van der Waals surface area contributed by atoms with Crippen molar-refractivity contribution in [3.63, 3.8) is 0 Å². The smallest absolute Gasteiger partial charge is 0.173 e. The molecule has 100 valence electrons. The summed E-state index contributed by atoms with van der Waals surface area (Å²) >= 11 is 3.33. The van der Waals surface area contributed by atoms with Crippen molar-refractivity contribution in [3.8, 4) is 5.75 Å². The molecule has 1 atom stereocenters. The van der Waals surface area contributed by atoms with Crippen LogP contribution in [0.15, 0.2) is 27.8 Å². The fraction of sp³-hybridized carbons (Fsp3) is 0.417. The molecule has 0 saturated carbocycles. The van der Waals surface area contributed by atoms with Gasteiger partial charge in [-0.05, 0) is 32.0 Å². The average molecular weight is 317 g/mol. The van der Waals surface area contributed by atoms with Gasteiger partial charge in [-0.3, -0.25) is 0 Å². The number of oxime groups is 1. The first-order valence-electron chi connectivity index (χ1n) is 5.60. The second kappa shape index (κ2) is 7.23. The maximum atomic E-state index is 8.75. The molecule has 3 N–H and O–H groups in total. The number of benzene rings is 1. The Hall–Kier alpha value is -1.27. The quantitative estimate of drug-likeness (QED) is 0.365. The fourth-order valence-electron chi connectivity index (χ4n) is 1.39. The van der Waals surface area contributed by atoms with E-state index in [0.717, 1.165) is 4.47 Å². The molecule has 0 aliphatic rings. The molecule has 0 aromatic heterocycles. The largest absolute Gasteiger partial charge is 0.488 e. The average Bonchev–Trinajstić information content (AvgIpc) is 2.37. The minimum Gasteiger partial charge on any atom is -0.488 e. The maximum absolute atomic E-state index is 8.75. The van der Waals surface area contributed by atoms with E-state index >= 15 is 0 Å². The highest BCUT2D eigenvalue weighted by molar-refractivity contribution is 9.10. The van der Waals surface area contributed by atoms with Gasteiger partial charge in [-0.15, -0.1) is 0 Å². The van der Waals surface area contributed by atoms with Crippen molar-refractivity contribution in [2.24, 2.45) is 10.9 Å². The molecule has 6 heteroatoms. The maximum Gasteiger partial charge on any atom is 0.173 e. The molecule has 0 spiro atoms. The van der Waals surface area contributed by atoms with Gasteiger partial charge in [0, 0.05) is 11.1 Å². The normalized spacial score (nSPS) is 13.4. The van der Waals surface area contributed by atoms with Gasteiger partial charge in [-0.25, -0.2) is 0 Å². The van der Waals surface area contributed by atoms with Crippen LogP contribution in [0.1, 0.15) is 19.4 Å². The molecule has 0 aliphatic carbocycles. The second-order valence-corrected chi connectivity index (χ2v) is 4.63. The topological polar surface area (TPSA) is 77.1 Å². The van der Waals surface area contributed by atoms with Crippen molar-refractivity contribution in [3.05, 3.63) is 28.2 Å². The first-order chi connectivity index (χ1) is 8.58. The monoisotopic (exact) mass is 316 g/mol. The van der Waals surface area contributed by atoms with Gasteiger partial charge in [0.15, 0.2) is 5.84 Å². The van der Waals surface area contributed by atoms with Crippen LogP contribution in [0.3, 0.4) is 0 Å². The molecule has 1 unspecified atom stereocenters. The molecule has 5 nitrogen and oxygen atoms in total. The first kappa shape index (κ1) is 14.8. The summed E-state index contributed by atoms with van der Waals surface area (Å²) in [5, 5.41) is 11.7. The van der Waals surface area contributed by atoms with Crippen molar-refractivity contribution in [2.75, 3.05) is 13.2 Å². The molecule has 0 aliphatic heterocycles. The molecule has 1 rings (SSSR count). The lowest BCUT2D eigenvalue weighted by Crippen LogP contribution is -2.22. The van der Waals surface area contributed by atoms with Crippen LogP contribution in [-0.2, 0) is 4.74 Å². The zero-order chi connectivity index (χ0) is 13.5. The Morgan fingerprint density at radius 3 is 2.89 bits per heavy atom. The van der Waals surface area contributed by atoms with Crippen LogP contribution in [0.2, 0.25) is 0 Å². The van der Waals surface area contributed by atoms with E-state index in [-0.39, 0.29) is 11.9 Å². The van der Waals surface area contributed by atoms with Gasteiger partial charge in [-0.1, -0.05) is 21.1 Å². The van der Waals surface area contributed by atoms with Crippen LogP contribution in [0, 0.1) is 0 Å². The van der Waals surface area contributed by atoms with E-state index in [9.17, 15) is 0 Å². The van der Waals surface area contributed by atoms with Crippen molar-refractivity contribution >= 4 is 21.8 Å². The van der Waals surface area contributed by atoms with E-state index in [1.165, 1.54) is 0 Å². The zero-order valence-corrected chi connectivity index (χ0v) is 12.0. The lowest BCUT2D eigenvalue weighted by molar-refractivity contribution is 0.0656. The third kappa shape index (κ3) is 4.19. The number of ether oxygens (including phenoxy) is 2. The summed E-state index contributed by atoms with van der Waals surface area (Å²) < 4.78 is 11.8. The fourth-order valence-corrected chi connectivity index (χ4v) is 1.75. The zero-order valence-electron chi connectivity index (χ0n) is 10.4. The van der Waals surface area contributed by atoms with Crippen LogP contribution in [0.4, 0.5) is 0 Å². The Kier molecular flexibility index (Phi) is 5.94. The van der Waals surface area contributed by atoms with Crippen molar-refractivity contribution in [1.29, 1.82) is 0 Å². The van der Waals surface area contributed by atoms with E-state index in [2.05, 4.69) is 21.1 Å².